The number of carbonyl (C=O) groups is 3. The van der Waals surface area contributed by atoms with E-state index in [0.29, 0.717) is 17.1 Å². The fourth-order valence-corrected chi connectivity index (χ4v) is 5.84. The maximum Gasteiger partial charge on any atom is 0.282 e. The van der Waals surface area contributed by atoms with Crippen LogP contribution in [0, 0.1) is 75.2 Å². The molecule has 310 valence electrons. The molecule has 0 amide bonds. The van der Waals surface area contributed by atoms with Crippen molar-refractivity contribution < 1.29 is 52.6 Å². The molecule has 0 saturated heterocycles. The first-order chi connectivity index (χ1) is 26.5. The van der Waals surface area contributed by atoms with E-state index in [1.165, 1.54) is 14.0 Å². The third kappa shape index (κ3) is 10.7. The van der Waals surface area contributed by atoms with Gasteiger partial charge in [0.1, 0.15) is 16.7 Å². The quantitative estimate of drug-likeness (QED) is 0.143. The minimum Gasteiger partial charge on any atom is -0.295 e. The summed E-state index contributed by atoms with van der Waals surface area (Å²) in [5.41, 5.74) is 2.16. The second-order valence-corrected chi connectivity index (χ2v) is 17.0. The molecule has 3 aromatic carbocycles. The van der Waals surface area contributed by atoms with Gasteiger partial charge in [0.15, 0.2) is 17.3 Å². The van der Waals surface area contributed by atoms with Crippen molar-refractivity contribution in [2.24, 2.45) is 16.2 Å². The number of nitrogens with zero attached hydrogens (tertiary/aromatic N) is 3. The van der Waals surface area contributed by atoms with Gasteiger partial charge in [0.2, 0.25) is 0 Å². The molecule has 0 aliphatic heterocycles. The van der Waals surface area contributed by atoms with Gasteiger partial charge in [0.05, 0.1) is 17.1 Å². The average molecular weight is 937 g/mol. The third-order valence-corrected chi connectivity index (χ3v) is 8.98. The van der Waals surface area contributed by atoms with E-state index in [1.807, 2.05) is 153 Å². The largest absolute Gasteiger partial charge is 0.295 e. The second-order valence-electron chi connectivity index (χ2n) is 17.0. The van der Waals surface area contributed by atoms with Gasteiger partial charge in [-0.25, -0.2) is 14.0 Å². The molecule has 0 bridgehead atoms. The molecule has 3 heterocycles. The average Bonchev–Trinajstić information content (AvgIpc) is 3.74. The van der Waals surface area contributed by atoms with Crippen molar-refractivity contribution >= 4 is 17.3 Å². The van der Waals surface area contributed by atoms with Gasteiger partial charge < -0.3 is 0 Å². The van der Waals surface area contributed by atoms with Gasteiger partial charge in [0, 0.05) is 71.5 Å². The number of hydrogen-bond donors (Lipinski definition) is 3. The summed E-state index contributed by atoms with van der Waals surface area (Å²) in [6.07, 6.45) is 0. The van der Waals surface area contributed by atoms with E-state index in [-0.39, 0.29) is 88.9 Å². The van der Waals surface area contributed by atoms with Crippen LogP contribution in [-0.2, 0) is 0 Å². The molecule has 12 nitrogen and oxygen atoms in total. The Hall–Kier alpha value is -5.03. The van der Waals surface area contributed by atoms with Crippen molar-refractivity contribution in [3.05, 3.63) is 156 Å². The molecule has 0 saturated carbocycles. The summed E-state index contributed by atoms with van der Waals surface area (Å²) in [6.45, 7) is 21.6. The van der Waals surface area contributed by atoms with Crippen LogP contribution in [-0.4, -0.2) is 46.7 Å². The Balaban J connectivity index is 0.000000231. The number of aryl methyl sites for hydroxylation is 3. The summed E-state index contributed by atoms with van der Waals surface area (Å²) in [4.78, 5) is 74.1. The Morgan fingerprint density at radius 1 is 0.397 bits per heavy atom. The Morgan fingerprint density at radius 3 is 0.759 bits per heavy atom. The minimum absolute atomic E-state index is 0. The predicted molar refractivity (Wildman–Crippen MR) is 225 cm³/mol. The maximum atomic E-state index is 12.4. The molecule has 0 unspecified atom stereocenters. The van der Waals surface area contributed by atoms with Crippen LogP contribution in [0.25, 0.3) is 17.1 Å². The van der Waals surface area contributed by atoms with Crippen LogP contribution < -0.4 is 16.7 Å². The topological polar surface area (TPSA) is 165 Å². The molecule has 0 spiro atoms. The molecule has 6 aromatic rings. The van der Waals surface area contributed by atoms with Gasteiger partial charge in [-0.05, 0) is 57.2 Å². The number of aromatic nitrogens is 6. The molecule has 58 heavy (non-hydrogen) atoms. The summed E-state index contributed by atoms with van der Waals surface area (Å²) in [5.74, 6) is -0.414. The van der Waals surface area contributed by atoms with Crippen molar-refractivity contribution in [3.63, 3.8) is 0 Å². The van der Waals surface area contributed by atoms with E-state index < -0.39 is 16.2 Å². The summed E-state index contributed by atoms with van der Waals surface area (Å²) in [7, 11) is 0. The first-order valence-corrected chi connectivity index (χ1v) is 18.7. The fourth-order valence-electron chi connectivity index (χ4n) is 5.84. The standard InChI is InChI=1S/3C15H18N2O2.Dy/c3*1-10-12(13(18)15(2,3)4)14(19)17(16-10)11-8-6-5-7-9-11;/h3*5-9,16H,1-4H3;. The summed E-state index contributed by atoms with van der Waals surface area (Å²) in [6, 6.07) is 27.7. The SMILES string of the molecule is Cc1[nH]n(-c2ccccc2)c(=O)c1C(=O)C(C)(C)C.Cc1[nH]n(-c2ccccc2)c(=O)c1C(=O)C(C)(C)C.Cc1[nH]n(-c2ccccc2)c(=O)c1C(=O)C(C)(C)C.[Dy]. The number of H-pyrrole nitrogens is 3. The monoisotopic (exact) mass is 938 g/mol. The zero-order chi connectivity index (χ0) is 42.6. The molecular formula is C45H54DyN6O6. The zero-order valence-corrected chi connectivity index (χ0v) is 37.3. The molecule has 3 N–H and O–H groups in total. The number of nitrogens with one attached hydrogen (secondary N) is 3. The zero-order valence-electron chi connectivity index (χ0n) is 35.3. The van der Waals surface area contributed by atoms with E-state index in [1.54, 1.807) is 20.8 Å². The minimum atomic E-state index is -0.569. The van der Waals surface area contributed by atoms with Crippen LogP contribution in [0.4, 0.5) is 0 Å². The molecule has 0 aliphatic carbocycles. The molecule has 0 atom stereocenters. The van der Waals surface area contributed by atoms with Gasteiger partial charge in [0.25, 0.3) is 16.7 Å². The second kappa shape index (κ2) is 18.7. The smallest absolute Gasteiger partial charge is 0.282 e. The van der Waals surface area contributed by atoms with Crippen LogP contribution in [0.3, 0.4) is 0 Å². The van der Waals surface area contributed by atoms with Crippen LogP contribution in [0.15, 0.2) is 105 Å². The Bertz CT molecular complexity index is 2270. The van der Waals surface area contributed by atoms with E-state index in [0.717, 1.165) is 17.1 Å². The van der Waals surface area contributed by atoms with E-state index in [4.69, 9.17) is 0 Å². The first kappa shape index (κ1) is 47.3. The number of benzene rings is 3. The van der Waals surface area contributed by atoms with Crippen molar-refractivity contribution in [1.29, 1.82) is 0 Å². The molecular weight excluding hydrogens is 883 g/mol. The van der Waals surface area contributed by atoms with E-state index in [2.05, 4.69) is 15.3 Å². The summed E-state index contributed by atoms with van der Waals surface area (Å²) >= 11 is 0. The van der Waals surface area contributed by atoms with Crippen molar-refractivity contribution in [2.45, 2.75) is 83.1 Å². The number of aromatic amines is 3. The van der Waals surface area contributed by atoms with Gasteiger partial charge in [-0.2, -0.15) is 0 Å². The number of rotatable bonds is 6. The maximum absolute atomic E-state index is 12.4. The van der Waals surface area contributed by atoms with Crippen molar-refractivity contribution in [3.8, 4) is 17.1 Å². The molecule has 0 radical (unpaired) electrons. The molecule has 0 aliphatic rings. The molecule has 6 rings (SSSR count). The Kier molecular flexibility index (Phi) is 15.3. The van der Waals surface area contributed by atoms with Gasteiger partial charge in [-0.3, -0.25) is 44.1 Å². The van der Waals surface area contributed by atoms with E-state index in [9.17, 15) is 28.8 Å². The Labute approximate surface area is 369 Å². The predicted octanol–water partition coefficient (Wildman–Crippen LogP) is 8.11. The van der Waals surface area contributed by atoms with Crippen molar-refractivity contribution in [2.75, 3.05) is 0 Å². The van der Waals surface area contributed by atoms with Crippen LogP contribution in [0.5, 0.6) is 0 Å². The summed E-state index contributed by atoms with van der Waals surface area (Å²) < 4.78 is 4.23. The molecule has 0 fully saturated rings. The third-order valence-electron chi connectivity index (χ3n) is 8.98. The fraction of sp³-hybridized carbons (Fsp3) is 0.333. The number of Topliss-reactive ketones (excluding diaryl/α,β-unsaturated/α-hetero) is 3. The van der Waals surface area contributed by atoms with Crippen LogP contribution in [0.1, 0.15) is 110 Å². The number of para-hydroxylation sites is 3. The van der Waals surface area contributed by atoms with Gasteiger partial charge in [-0.15, -0.1) is 0 Å². The number of hydrogen-bond acceptors (Lipinski definition) is 6. The first-order valence-electron chi connectivity index (χ1n) is 18.7. The van der Waals surface area contributed by atoms with Gasteiger partial charge in [-0.1, -0.05) is 117 Å². The van der Waals surface area contributed by atoms with E-state index >= 15 is 0 Å². The van der Waals surface area contributed by atoms with Gasteiger partial charge >= 0.3 is 0 Å². The summed E-state index contributed by atoms with van der Waals surface area (Å²) in [5, 5.41) is 8.90. The van der Waals surface area contributed by atoms with Crippen LogP contribution in [0.2, 0.25) is 0 Å². The van der Waals surface area contributed by atoms with Crippen LogP contribution >= 0.6 is 0 Å². The number of ketones is 3. The van der Waals surface area contributed by atoms with Crippen molar-refractivity contribution in [1.82, 2.24) is 29.3 Å². The number of carbonyl (C=O) groups excluding carboxylic acids is 3. The normalized spacial score (nSPS) is 11.4. The molecule has 3 aromatic heterocycles. The molecule has 13 heteroatoms. The Morgan fingerprint density at radius 2 is 0.586 bits per heavy atom.